The highest BCUT2D eigenvalue weighted by molar-refractivity contribution is 5.18. The highest BCUT2D eigenvalue weighted by atomic mass is 19.1. The highest BCUT2D eigenvalue weighted by Crippen LogP contribution is 2.09. The van der Waals surface area contributed by atoms with Crippen molar-refractivity contribution in [2.45, 2.75) is 19.5 Å². The predicted octanol–water partition coefficient (Wildman–Crippen LogP) is 1.44. The van der Waals surface area contributed by atoms with Crippen molar-refractivity contribution in [2.24, 2.45) is 0 Å². The van der Waals surface area contributed by atoms with Gasteiger partial charge in [-0.25, -0.2) is 8.78 Å². The van der Waals surface area contributed by atoms with Crippen LogP contribution in [0, 0.1) is 11.6 Å². The van der Waals surface area contributed by atoms with Crippen LogP contribution < -0.4 is 5.32 Å². The van der Waals surface area contributed by atoms with Crippen LogP contribution in [-0.2, 0) is 6.54 Å². The fourth-order valence-electron chi connectivity index (χ4n) is 1.03. The third-order valence-electron chi connectivity index (χ3n) is 1.92. The second-order valence-corrected chi connectivity index (χ2v) is 3.20. The molecule has 1 unspecified atom stereocenters. The number of aliphatic hydroxyl groups is 1. The predicted molar refractivity (Wildman–Crippen MR) is 49.7 cm³/mol. The van der Waals surface area contributed by atoms with Gasteiger partial charge in [0, 0.05) is 18.2 Å². The van der Waals surface area contributed by atoms with Gasteiger partial charge in [-0.3, -0.25) is 0 Å². The van der Waals surface area contributed by atoms with Crippen LogP contribution in [0.5, 0.6) is 0 Å². The normalized spacial score (nSPS) is 12.9. The van der Waals surface area contributed by atoms with Gasteiger partial charge in [0.05, 0.1) is 6.61 Å². The minimum absolute atomic E-state index is 0.0308. The van der Waals surface area contributed by atoms with Crippen molar-refractivity contribution in [3.8, 4) is 0 Å². The number of benzene rings is 1. The molecule has 2 nitrogen and oxygen atoms in total. The van der Waals surface area contributed by atoms with Gasteiger partial charge < -0.3 is 10.4 Å². The summed E-state index contributed by atoms with van der Waals surface area (Å²) in [7, 11) is 0. The summed E-state index contributed by atoms with van der Waals surface area (Å²) >= 11 is 0. The van der Waals surface area contributed by atoms with E-state index in [9.17, 15) is 8.78 Å². The molecule has 0 saturated carbocycles. The molecule has 0 aliphatic heterocycles. The van der Waals surface area contributed by atoms with Crippen molar-refractivity contribution in [1.82, 2.24) is 5.32 Å². The molecule has 0 aromatic heterocycles. The lowest BCUT2D eigenvalue weighted by molar-refractivity contribution is 0.250. The number of hydrogen-bond donors (Lipinski definition) is 2. The first-order valence-electron chi connectivity index (χ1n) is 4.41. The molecule has 1 atom stereocenters. The van der Waals surface area contributed by atoms with Crippen LogP contribution in [0.3, 0.4) is 0 Å². The van der Waals surface area contributed by atoms with Gasteiger partial charge in [-0.2, -0.15) is 0 Å². The highest BCUT2D eigenvalue weighted by Gasteiger charge is 2.05. The Hall–Kier alpha value is -1.00. The quantitative estimate of drug-likeness (QED) is 0.772. The molecule has 2 N–H and O–H groups in total. The summed E-state index contributed by atoms with van der Waals surface area (Å²) in [6.07, 6.45) is 0. The van der Waals surface area contributed by atoms with Crippen molar-refractivity contribution in [3.05, 3.63) is 35.4 Å². The van der Waals surface area contributed by atoms with Gasteiger partial charge in [-0.05, 0) is 25.1 Å². The van der Waals surface area contributed by atoms with Crippen LogP contribution in [-0.4, -0.2) is 17.8 Å². The Kier molecular flexibility index (Phi) is 3.98. The molecule has 0 amide bonds. The fraction of sp³-hybridized carbons (Fsp3) is 0.400. The largest absolute Gasteiger partial charge is 0.395 e. The lowest BCUT2D eigenvalue weighted by Gasteiger charge is -2.10. The van der Waals surface area contributed by atoms with E-state index in [2.05, 4.69) is 5.32 Å². The van der Waals surface area contributed by atoms with Crippen molar-refractivity contribution in [3.63, 3.8) is 0 Å². The molecule has 0 radical (unpaired) electrons. The molecule has 1 aromatic carbocycles. The second kappa shape index (κ2) is 5.02. The van der Waals surface area contributed by atoms with Gasteiger partial charge in [0.25, 0.3) is 0 Å². The van der Waals surface area contributed by atoms with E-state index < -0.39 is 11.6 Å². The number of nitrogens with one attached hydrogen (secondary N) is 1. The van der Waals surface area contributed by atoms with Crippen LogP contribution >= 0.6 is 0 Å². The number of hydrogen-bond acceptors (Lipinski definition) is 2. The molecule has 0 heterocycles. The maximum atomic E-state index is 13.1. The standard InChI is InChI=1S/C10H13F2NO/c1-7(6-14)13-5-8-4-9(11)2-3-10(8)12/h2-4,7,13-14H,5-6H2,1H3. The van der Waals surface area contributed by atoms with E-state index in [1.54, 1.807) is 6.92 Å². The summed E-state index contributed by atoms with van der Waals surface area (Å²) in [4.78, 5) is 0. The van der Waals surface area contributed by atoms with Crippen molar-refractivity contribution >= 4 is 0 Å². The van der Waals surface area contributed by atoms with E-state index in [1.165, 1.54) is 0 Å². The molecule has 1 rings (SSSR count). The first-order valence-corrected chi connectivity index (χ1v) is 4.41. The zero-order chi connectivity index (χ0) is 10.6. The maximum absolute atomic E-state index is 13.1. The Bertz CT molecular complexity index is 304. The fourth-order valence-corrected chi connectivity index (χ4v) is 1.03. The average molecular weight is 201 g/mol. The Morgan fingerprint density at radius 2 is 2.14 bits per heavy atom. The molecular formula is C10H13F2NO. The molecule has 0 bridgehead atoms. The topological polar surface area (TPSA) is 32.3 Å². The minimum atomic E-state index is -0.458. The molecule has 0 fully saturated rings. The summed E-state index contributed by atoms with van der Waals surface area (Å²) in [5.74, 6) is -0.899. The van der Waals surface area contributed by atoms with E-state index in [0.717, 1.165) is 18.2 Å². The number of aliphatic hydroxyl groups excluding tert-OH is 1. The monoisotopic (exact) mass is 201 g/mol. The third kappa shape index (κ3) is 3.05. The smallest absolute Gasteiger partial charge is 0.127 e. The molecule has 14 heavy (non-hydrogen) atoms. The molecule has 78 valence electrons. The van der Waals surface area contributed by atoms with E-state index >= 15 is 0 Å². The molecule has 0 aliphatic carbocycles. The van der Waals surface area contributed by atoms with E-state index in [1.807, 2.05) is 0 Å². The first-order chi connectivity index (χ1) is 6.63. The second-order valence-electron chi connectivity index (χ2n) is 3.20. The molecule has 0 aliphatic rings. The summed E-state index contributed by atoms with van der Waals surface area (Å²) < 4.78 is 25.8. The Morgan fingerprint density at radius 3 is 2.79 bits per heavy atom. The lowest BCUT2D eigenvalue weighted by atomic mass is 10.2. The maximum Gasteiger partial charge on any atom is 0.127 e. The molecule has 4 heteroatoms. The molecular weight excluding hydrogens is 188 g/mol. The van der Waals surface area contributed by atoms with E-state index in [0.29, 0.717) is 0 Å². The Morgan fingerprint density at radius 1 is 1.43 bits per heavy atom. The Labute approximate surface area is 81.6 Å². The van der Waals surface area contributed by atoms with Crippen LogP contribution in [0.2, 0.25) is 0 Å². The molecule has 0 saturated heterocycles. The van der Waals surface area contributed by atoms with Crippen molar-refractivity contribution in [2.75, 3.05) is 6.61 Å². The molecule has 1 aromatic rings. The average Bonchev–Trinajstić information content (AvgIpc) is 2.19. The summed E-state index contributed by atoms with van der Waals surface area (Å²) in [5, 5.41) is 11.6. The van der Waals surface area contributed by atoms with Gasteiger partial charge in [0.15, 0.2) is 0 Å². The summed E-state index contributed by atoms with van der Waals surface area (Å²) in [6.45, 7) is 1.94. The van der Waals surface area contributed by atoms with Gasteiger partial charge >= 0.3 is 0 Å². The number of halogens is 2. The zero-order valence-corrected chi connectivity index (χ0v) is 7.93. The van der Waals surface area contributed by atoms with Crippen LogP contribution in [0.15, 0.2) is 18.2 Å². The first kappa shape index (κ1) is 11.1. The van der Waals surface area contributed by atoms with Gasteiger partial charge in [0.2, 0.25) is 0 Å². The summed E-state index contributed by atoms with van der Waals surface area (Å²) in [6, 6.07) is 3.19. The lowest BCUT2D eigenvalue weighted by Crippen LogP contribution is -2.29. The van der Waals surface area contributed by atoms with Gasteiger partial charge in [0.1, 0.15) is 11.6 Å². The summed E-state index contributed by atoms with van der Waals surface area (Å²) in [5.41, 5.74) is 0.269. The van der Waals surface area contributed by atoms with Gasteiger partial charge in [-0.1, -0.05) is 0 Å². The van der Waals surface area contributed by atoms with Crippen molar-refractivity contribution < 1.29 is 13.9 Å². The van der Waals surface area contributed by atoms with Crippen LogP contribution in [0.1, 0.15) is 12.5 Å². The van der Waals surface area contributed by atoms with E-state index in [-0.39, 0.29) is 24.8 Å². The Balaban J connectivity index is 2.62. The van der Waals surface area contributed by atoms with Crippen molar-refractivity contribution in [1.29, 1.82) is 0 Å². The van der Waals surface area contributed by atoms with Crippen LogP contribution in [0.4, 0.5) is 8.78 Å². The molecule has 0 spiro atoms. The number of rotatable bonds is 4. The SMILES string of the molecule is CC(CO)NCc1cc(F)ccc1F. The minimum Gasteiger partial charge on any atom is -0.395 e. The van der Waals surface area contributed by atoms with E-state index in [4.69, 9.17) is 5.11 Å². The van der Waals surface area contributed by atoms with Gasteiger partial charge in [-0.15, -0.1) is 0 Å². The third-order valence-corrected chi connectivity index (χ3v) is 1.92. The van der Waals surface area contributed by atoms with Crippen LogP contribution in [0.25, 0.3) is 0 Å². The zero-order valence-electron chi connectivity index (χ0n) is 7.93.